The molecule has 31 heavy (non-hydrogen) atoms. The summed E-state index contributed by atoms with van der Waals surface area (Å²) >= 11 is 1.70. The van der Waals surface area contributed by atoms with Crippen LogP contribution in [-0.4, -0.2) is 39.8 Å². The fourth-order valence-corrected chi connectivity index (χ4v) is 5.37. The molecule has 6 heteroatoms. The largest absolute Gasteiger partial charge is 0.370 e. The number of nitrogens with zero attached hydrogens (tertiary/aromatic N) is 3. The molecule has 0 spiro atoms. The predicted molar refractivity (Wildman–Crippen MR) is 127 cm³/mol. The highest BCUT2D eigenvalue weighted by molar-refractivity contribution is 7.18. The molecule has 3 aliphatic rings. The van der Waals surface area contributed by atoms with Crippen LogP contribution in [0.4, 0.5) is 0 Å². The average Bonchev–Trinajstić information content (AvgIpc) is 3.14. The number of thiazole rings is 1. The standard InChI is InChI=1S/C25H28N4OS/c1-16-3-5-20-6-7-21(28-11-9-19(26)10-12-28)15-29(20)25(30)14-22(16)18-4-8-24-23(13-18)27-17(2)31-24/h4-8,13-16,19H,3,9-12,26H2,1-2H3. The van der Waals surface area contributed by atoms with Gasteiger partial charge in [-0.3, -0.25) is 9.69 Å². The number of hydrogen-bond donors (Lipinski definition) is 1. The molecule has 5 nitrogen and oxygen atoms in total. The number of amides is 1. The third-order valence-corrected chi connectivity index (χ3v) is 7.38. The lowest BCUT2D eigenvalue weighted by molar-refractivity contribution is -0.122. The second kappa shape index (κ2) is 8.09. The van der Waals surface area contributed by atoms with Crippen LogP contribution in [0.1, 0.15) is 36.8 Å². The summed E-state index contributed by atoms with van der Waals surface area (Å²) < 4.78 is 1.18. The van der Waals surface area contributed by atoms with Gasteiger partial charge in [0.2, 0.25) is 0 Å². The second-order valence-electron chi connectivity index (χ2n) is 8.70. The zero-order valence-electron chi connectivity index (χ0n) is 18.0. The van der Waals surface area contributed by atoms with E-state index in [4.69, 9.17) is 5.73 Å². The fraction of sp³-hybridized carbons (Fsp3) is 0.360. The van der Waals surface area contributed by atoms with Gasteiger partial charge in [0.15, 0.2) is 0 Å². The number of hydrogen-bond acceptors (Lipinski definition) is 5. The number of rotatable bonds is 2. The Morgan fingerprint density at radius 2 is 1.94 bits per heavy atom. The number of benzene rings is 1. The van der Waals surface area contributed by atoms with Crippen molar-refractivity contribution in [2.75, 3.05) is 13.1 Å². The number of aryl methyl sites for hydroxylation is 1. The van der Waals surface area contributed by atoms with Gasteiger partial charge in [-0.15, -0.1) is 11.3 Å². The van der Waals surface area contributed by atoms with E-state index in [1.165, 1.54) is 4.70 Å². The minimum absolute atomic E-state index is 0.00193. The van der Waals surface area contributed by atoms with Gasteiger partial charge in [-0.05, 0) is 67.5 Å². The Bertz CT molecular complexity index is 1150. The summed E-state index contributed by atoms with van der Waals surface area (Å²) in [6.07, 6.45) is 13.0. The maximum absolute atomic E-state index is 13.4. The Hall–Kier alpha value is -2.70. The number of fused-ring (bicyclic) bond motifs is 2. The molecule has 3 aliphatic heterocycles. The number of allylic oxidation sites excluding steroid dienone is 4. The topological polar surface area (TPSA) is 62.5 Å². The first-order valence-corrected chi connectivity index (χ1v) is 11.8. The molecule has 1 saturated heterocycles. The lowest BCUT2D eigenvalue weighted by Crippen LogP contribution is -2.40. The van der Waals surface area contributed by atoms with E-state index in [9.17, 15) is 4.79 Å². The summed E-state index contributed by atoms with van der Waals surface area (Å²) in [6.45, 7) is 6.09. The maximum Gasteiger partial charge on any atom is 0.255 e. The molecule has 5 rings (SSSR count). The van der Waals surface area contributed by atoms with Gasteiger partial charge in [0.1, 0.15) is 0 Å². The van der Waals surface area contributed by atoms with Crippen molar-refractivity contribution in [1.82, 2.24) is 14.8 Å². The molecule has 0 saturated carbocycles. The van der Waals surface area contributed by atoms with Crippen LogP contribution >= 0.6 is 11.3 Å². The second-order valence-corrected chi connectivity index (χ2v) is 9.94. The molecule has 1 fully saturated rings. The number of carbonyl (C=O) groups is 1. The van der Waals surface area contributed by atoms with Crippen molar-refractivity contribution in [1.29, 1.82) is 0 Å². The molecular formula is C25H28N4OS. The van der Waals surface area contributed by atoms with Gasteiger partial charge in [-0.25, -0.2) is 4.98 Å². The van der Waals surface area contributed by atoms with Crippen molar-refractivity contribution >= 4 is 33.0 Å². The third-order valence-electron chi connectivity index (χ3n) is 6.42. The SMILES string of the molecule is Cc1nc2cc(C3=CC(=O)N4C=C(N5CCC(N)CC5)C=CC4=CCC3C)ccc2s1. The lowest BCUT2D eigenvalue weighted by Gasteiger charge is -2.35. The van der Waals surface area contributed by atoms with Crippen LogP contribution in [0.5, 0.6) is 0 Å². The Morgan fingerprint density at radius 1 is 1.16 bits per heavy atom. The van der Waals surface area contributed by atoms with Gasteiger partial charge >= 0.3 is 0 Å². The molecule has 2 N–H and O–H groups in total. The van der Waals surface area contributed by atoms with Gasteiger partial charge in [0.25, 0.3) is 5.91 Å². The summed E-state index contributed by atoms with van der Waals surface area (Å²) in [5, 5.41) is 1.06. The van der Waals surface area contributed by atoms with E-state index in [0.717, 1.165) is 65.4 Å². The van der Waals surface area contributed by atoms with E-state index in [2.05, 4.69) is 53.2 Å². The molecule has 0 aliphatic carbocycles. The van der Waals surface area contributed by atoms with Crippen molar-refractivity contribution < 1.29 is 4.79 Å². The molecule has 1 aromatic heterocycles. The lowest BCUT2D eigenvalue weighted by atomic mass is 9.89. The van der Waals surface area contributed by atoms with E-state index < -0.39 is 0 Å². The fourth-order valence-electron chi connectivity index (χ4n) is 4.56. The number of carbonyl (C=O) groups excluding carboxylic acids is 1. The van der Waals surface area contributed by atoms with Gasteiger partial charge in [0.05, 0.1) is 20.9 Å². The minimum atomic E-state index is -0.00193. The van der Waals surface area contributed by atoms with Crippen molar-refractivity contribution in [2.45, 2.75) is 39.2 Å². The van der Waals surface area contributed by atoms with E-state index in [1.54, 1.807) is 16.2 Å². The molecule has 0 radical (unpaired) electrons. The third kappa shape index (κ3) is 3.98. The zero-order chi connectivity index (χ0) is 21.5. The Balaban J connectivity index is 1.46. The summed E-state index contributed by atoms with van der Waals surface area (Å²) in [5.41, 5.74) is 11.3. The van der Waals surface area contributed by atoms with Gasteiger partial charge in [-0.1, -0.05) is 19.1 Å². The molecule has 1 atom stereocenters. The number of piperidine rings is 1. The molecule has 4 heterocycles. The van der Waals surface area contributed by atoms with Crippen LogP contribution < -0.4 is 5.73 Å². The normalized spacial score (nSPS) is 22.6. The molecule has 1 amide bonds. The molecule has 0 bridgehead atoms. The van der Waals surface area contributed by atoms with Crippen LogP contribution in [0, 0.1) is 12.8 Å². The number of nitrogens with two attached hydrogens (primary N) is 1. The number of likely N-dealkylation sites (tertiary alicyclic amines) is 1. The highest BCUT2D eigenvalue weighted by Crippen LogP contribution is 2.34. The maximum atomic E-state index is 13.4. The molecule has 1 aromatic carbocycles. The first-order chi connectivity index (χ1) is 15.0. The highest BCUT2D eigenvalue weighted by atomic mass is 32.1. The van der Waals surface area contributed by atoms with Gasteiger partial charge < -0.3 is 10.6 Å². The highest BCUT2D eigenvalue weighted by Gasteiger charge is 2.25. The van der Waals surface area contributed by atoms with Gasteiger partial charge in [0, 0.05) is 37.1 Å². The van der Waals surface area contributed by atoms with Crippen LogP contribution in [0.15, 0.2) is 60.1 Å². The summed E-state index contributed by atoms with van der Waals surface area (Å²) in [5.74, 6) is 0.246. The van der Waals surface area contributed by atoms with Crippen LogP contribution in [0.3, 0.4) is 0 Å². The quantitative estimate of drug-likeness (QED) is 0.755. The summed E-state index contributed by atoms with van der Waals surface area (Å²) in [4.78, 5) is 22.1. The van der Waals surface area contributed by atoms with Crippen LogP contribution in [-0.2, 0) is 4.79 Å². The van der Waals surface area contributed by atoms with E-state index in [-0.39, 0.29) is 17.9 Å². The monoisotopic (exact) mass is 432 g/mol. The summed E-state index contributed by atoms with van der Waals surface area (Å²) in [7, 11) is 0. The van der Waals surface area contributed by atoms with E-state index >= 15 is 0 Å². The van der Waals surface area contributed by atoms with E-state index in [1.807, 2.05) is 19.2 Å². The Kier molecular flexibility index (Phi) is 5.28. The van der Waals surface area contributed by atoms with Crippen molar-refractivity contribution in [3.8, 4) is 0 Å². The molecule has 2 aromatic rings. The summed E-state index contributed by atoms with van der Waals surface area (Å²) in [6, 6.07) is 6.65. The molecular weight excluding hydrogens is 404 g/mol. The van der Waals surface area contributed by atoms with Crippen LogP contribution in [0.25, 0.3) is 15.8 Å². The van der Waals surface area contributed by atoms with E-state index in [0.29, 0.717) is 0 Å². The van der Waals surface area contributed by atoms with Crippen molar-refractivity contribution in [3.05, 3.63) is 70.7 Å². The van der Waals surface area contributed by atoms with Crippen LogP contribution in [0.2, 0.25) is 0 Å². The zero-order valence-corrected chi connectivity index (χ0v) is 18.9. The molecule has 160 valence electrons. The van der Waals surface area contributed by atoms with Crippen molar-refractivity contribution in [3.63, 3.8) is 0 Å². The minimum Gasteiger partial charge on any atom is -0.370 e. The Labute approximate surface area is 187 Å². The first kappa shape index (κ1) is 20.2. The predicted octanol–water partition coefficient (Wildman–Crippen LogP) is 4.57. The van der Waals surface area contributed by atoms with Crippen molar-refractivity contribution in [2.24, 2.45) is 11.7 Å². The Morgan fingerprint density at radius 3 is 2.74 bits per heavy atom. The van der Waals surface area contributed by atoms with Gasteiger partial charge in [-0.2, -0.15) is 0 Å². The molecule has 1 unspecified atom stereocenters. The first-order valence-electron chi connectivity index (χ1n) is 11.0. The average molecular weight is 433 g/mol. The number of aromatic nitrogens is 1. The smallest absolute Gasteiger partial charge is 0.255 e.